The third-order valence-corrected chi connectivity index (χ3v) is 7.22. The maximum absolute atomic E-state index is 12.6. The van der Waals surface area contributed by atoms with E-state index in [2.05, 4.69) is 4.57 Å². The summed E-state index contributed by atoms with van der Waals surface area (Å²) in [4.78, 5) is 17.5. The van der Waals surface area contributed by atoms with E-state index in [4.69, 9.17) is 19.9 Å². The Kier molecular flexibility index (Phi) is 7.70. The first-order valence-electron chi connectivity index (χ1n) is 11.6. The number of methoxy groups -OCH3 is 2. The molecule has 6 nitrogen and oxygen atoms in total. The van der Waals surface area contributed by atoms with Crippen LogP contribution in [0.3, 0.4) is 0 Å². The van der Waals surface area contributed by atoms with Gasteiger partial charge in [0.25, 0.3) is 0 Å². The number of carbonyl (C=O) groups is 1. The van der Waals surface area contributed by atoms with Crippen LogP contribution in [0, 0.1) is 5.41 Å². The fourth-order valence-electron chi connectivity index (χ4n) is 4.49. The Morgan fingerprint density at radius 3 is 2.39 bits per heavy atom. The Balaban J connectivity index is 1.69. The molecular weight excluding hydrogens is 434 g/mol. The second-order valence-corrected chi connectivity index (χ2v) is 9.43. The Hall–Kier alpha value is -2.80. The fraction of sp³-hybridized carbons (Fsp3) is 0.423. The van der Waals surface area contributed by atoms with Crippen LogP contribution in [0.1, 0.15) is 61.3 Å². The highest BCUT2D eigenvalue weighted by molar-refractivity contribution is 7.99. The molecule has 0 bridgehead atoms. The zero-order chi connectivity index (χ0) is 23.2. The quantitative estimate of drug-likeness (QED) is 0.197. The molecule has 3 aromatic rings. The first kappa shape index (κ1) is 23.4. The molecule has 0 saturated heterocycles. The van der Waals surface area contributed by atoms with E-state index in [1.807, 2.05) is 42.5 Å². The number of benzene rings is 2. The maximum Gasteiger partial charge on any atom is 0.170 e. The minimum Gasteiger partial charge on any atom is -0.493 e. The molecule has 0 aliphatic heterocycles. The molecule has 2 aromatic carbocycles. The van der Waals surface area contributed by atoms with Crippen molar-refractivity contribution in [2.24, 2.45) is 0 Å². The third kappa shape index (κ3) is 5.24. The Morgan fingerprint density at radius 2 is 1.73 bits per heavy atom. The van der Waals surface area contributed by atoms with Crippen molar-refractivity contribution in [3.63, 3.8) is 0 Å². The van der Waals surface area contributed by atoms with Gasteiger partial charge in [-0.1, -0.05) is 67.8 Å². The summed E-state index contributed by atoms with van der Waals surface area (Å²) in [5.41, 5.74) is 1.89. The standard InChI is InChI=1S/C26H31N3O3S/c1-31-23-16-20-21(17-24(23)32-2)28-26(29(25(20)27)19-12-8-3-4-9-13-19)33-15-14-22(30)18-10-6-5-7-11-18/h5-7,10-11,16-17,19,27H,3-4,8-9,12-15H2,1-2H3. The number of aromatic nitrogens is 2. The van der Waals surface area contributed by atoms with Crippen LogP contribution in [0.5, 0.6) is 11.5 Å². The molecule has 1 aliphatic rings. The number of Topliss-reactive ketones (excluding diaryl/α,β-unsaturated/α-hetero) is 1. The first-order valence-corrected chi connectivity index (χ1v) is 12.5. The summed E-state index contributed by atoms with van der Waals surface area (Å²) in [5.74, 6) is 1.94. The van der Waals surface area contributed by atoms with Gasteiger partial charge in [-0.05, 0) is 18.9 Å². The van der Waals surface area contributed by atoms with E-state index in [9.17, 15) is 4.79 Å². The second kappa shape index (κ2) is 10.9. The smallest absolute Gasteiger partial charge is 0.170 e. The highest BCUT2D eigenvalue weighted by Crippen LogP contribution is 2.34. The lowest BCUT2D eigenvalue weighted by atomic mass is 10.1. The lowest BCUT2D eigenvalue weighted by molar-refractivity contribution is 0.0989. The Bertz CT molecular complexity index is 1170. The molecular formula is C26H31N3O3S. The Morgan fingerprint density at radius 1 is 1.06 bits per heavy atom. The second-order valence-electron chi connectivity index (χ2n) is 8.37. The summed E-state index contributed by atoms with van der Waals surface area (Å²) in [5, 5.41) is 10.6. The van der Waals surface area contributed by atoms with Crippen molar-refractivity contribution in [2.45, 2.75) is 56.1 Å². The summed E-state index contributed by atoms with van der Waals surface area (Å²) in [7, 11) is 3.21. The number of ether oxygens (including phenoxy) is 2. The SMILES string of the molecule is COc1cc2nc(SCCC(=O)c3ccccc3)n(C3CCCCCC3)c(=N)c2cc1OC. The van der Waals surface area contributed by atoms with Crippen molar-refractivity contribution in [1.29, 1.82) is 5.41 Å². The molecule has 33 heavy (non-hydrogen) atoms. The lowest BCUT2D eigenvalue weighted by Gasteiger charge is -2.23. The maximum atomic E-state index is 12.6. The number of nitrogens with one attached hydrogen (secondary N) is 1. The molecule has 1 aliphatic carbocycles. The summed E-state index contributed by atoms with van der Waals surface area (Å²) in [6, 6.07) is 13.3. The third-order valence-electron chi connectivity index (χ3n) is 6.27. The van der Waals surface area contributed by atoms with Crippen LogP contribution in [-0.2, 0) is 0 Å². The average Bonchev–Trinajstić information content (AvgIpc) is 3.13. The van der Waals surface area contributed by atoms with Crippen molar-refractivity contribution in [3.8, 4) is 11.5 Å². The molecule has 0 radical (unpaired) electrons. The van der Waals surface area contributed by atoms with Crippen LogP contribution >= 0.6 is 11.8 Å². The van der Waals surface area contributed by atoms with Crippen molar-refractivity contribution < 1.29 is 14.3 Å². The molecule has 1 N–H and O–H groups in total. The highest BCUT2D eigenvalue weighted by atomic mass is 32.2. The molecule has 7 heteroatoms. The predicted molar refractivity (Wildman–Crippen MR) is 132 cm³/mol. The fourth-order valence-corrected chi connectivity index (χ4v) is 5.51. The minimum absolute atomic E-state index is 0.127. The average molecular weight is 466 g/mol. The number of fused-ring (bicyclic) bond motifs is 1. The zero-order valence-corrected chi connectivity index (χ0v) is 20.1. The summed E-state index contributed by atoms with van der Waals surface area (Å²) >= 11 is 1.56. The van der Waals surface area contributed by atoms with Crippen LogP contribution in [0.4, 0.5) is 0 Å². The number of hydrogen-bond donors (Lipinski definition) is 1. The molecule has 0 amide bonds. The zero-order valence-electron chi connectivity index (χ0n) is 19.3. The Labute approximate surface area is 198 Å². The summed E-state index contributed by atoms with van der Waals surface area (Å²) in [6.07, 6.45) is 7.34. The van der Waals surface area contributed by atoms with E-state index in [1.54, 1.807) is 26.0 Å². The van der Waals surface area contributed by atoms with Crippen LogP contribution in [0.25, 0.3) is 10.9 Å². The van der Waals surface area contributed by atoms with Crippen LogP contribution < -0.4 is 15.0 Å². The molecule has 174 valence electrons. The van der Waals surface area contributed by atoms with Crippen molar-refractivity contribution in [3.05, 3.63) is 53.5 Å². The number of nitrogens with zero attached hydrogens (tertiary/aromatic N) is 2. The number of rotatable bonds is 8. The molecule has 1 heterocycles. The lowest BCUT2D eigenvalue weighted by Crippen LogP contribution is -2.28. The monoisotopic (exact) mass is 465 g/mol. The van der Waals surface area contributed by atoms with Gasteiger partial charge in [-0.2, -0.15) is 0 Å². The van der Waals surface area contributed by atoms with E-state index in [0.29, 0.717) is 34.7 Å². The number of ketones is 1. The number of carbonyl (C=O) groups excluding carboxylic acids is 1. The normalized spacial score (nSPS) is 14.7. The van der Waals surface area contributed by atoms with Gasteiger partial charge in [-0.15, -0.1) is 0 Å². The van der Waals surface area contributed by atoms with Gasteiger partial charge in [-0.3, -0.25) is 10.2 Å². The van der Waals surface area contributed by atoms with E-state index in [-0.39, 0.29) is 11.8 Å². The van der Waals surface area contributed by atoms with Gasteiger partial charge in [0.05, 0.1) is 19.7 Å². The van der Waals surface area contributed by atoms with E-state index >= 15 is 0 Å². The largest absolute Gasteiger partial charge is 0.493 e. The van der Waals surface area contributed by atoms with Crippen LogP contribution in [0.2, 0.25) is 0 Å². The van der Waals surface area contributed by atoms with Crippen LogP contribution in [0.15, 0.2) is 47.6 Å². The molecule has 4 rings (SSSR count). The van der Waals surface area contributed by atoms with Crippen molar-refractivity contribution in [2.75, 3.05) is 20.0 Å². The molecule has 1 fully saturated rings. The van der Waals surface area contributed by atoms with Crippen LogP contribution in [-0.4, -0.2) is 35.3 Å². The van der Waals surface area contributed by atoms with Gasteiger partial charge in [-0.25, -0.2) is 4.98 Å². The van der Waals surface area contributed by atoms with Crippen molar-refractivity contribution >= 4 is 28.4 Å². The molecule has 0 unspecified atom stereocenters. The molecule has 1 aromatic heterocycles. The number of hydrogen-bond acceptors (Lipinski definition) is 6. The predicted octanol–water partition coefficient (Wildman–Crippen LogP) is 5.79. The number of thioether (sulfide) groups is 1. The van der Waals surface area contributed by atoms with Gasteiger partial charge in [0.15, 0.2) is 22.4 Å². The van der Waals surface area contributed by atoms with Gasteiger partial charge in [0.1, 0.15) is 5.49 Å². The van der Waals surface area contributed by atoms with Crippen molar-refractivity contribution in [1.82, 2.24) is 9.55 Å². The molecule has 0 atom stereocenters. The summed E-state index contributed by atoms with van der Waals surface area (Å²) < 4.78 is 13.0. The van der Waals surface area contributed by atoms with Gasteiger partial charge < -0.3 is 14.0 Å². The van der Waals surface area contributed by atoms with E-state index < -0.39 is 0 Å². The van der Waals surface area contributed by atoms with Gasteiger partial charge in [0.2, 0.25) is 0 Å². The first-order chi connectivity index (χ1) is 16.1. The highest BCUT2D eigenvalue weighted by Gasteiger charge is 2.21. The van der Waals surface area contributed by atoms with E-state index in [0.717, 1.165) is 41.8 Å². The van der Waals surface area contributed by atoms with Gasteiger partial charge in [0, 0.05) is 35.2 Å². The molecule has 1 saturated carbocycles. The van der Waals surface area contributed by atoms with E-state index in [1.165, 1.54) is 12.8 Å². The minimum atomic E-state index is 0.127. The topological polar surface area (TPSA) is 77.2 Å². The summed E-state index contributed by atoms with van der Waals surface area (Å²) in [6.45, 7) is 0. The van der Waals surface area contributed by atoms with Gasteiger partial charge >= 0.3 is 0 Å². The molecule has 0 spiro atoms.